The van der Waals surface area contributed by atoms with Gasteiger partial charge in [-0.2, -0.15) is 0 Å². The van der Waals surface area contributed by atoms with E-state index in [2.05, 4.69) is 4.98 Å². The first-order chi connectivity index (χ1) is 13.2. The van der Waals surface area contributed by atoms with Crippen molar-refractivity contribution in [1.82, 2.24) is 9.55 Å². The third kappa shape index (κ3) is 4.48. The summed E-state index contributed by atoms with van der Waals surface area (Å²) in [6, 6.07) is 3.83. The number of rotatable bonds is 7. The molecule has 0 aliphatic rings. The topological polar surface area (TPSA) is 110 Å². The number of aromatic amines is 1. The minimum atomic E-state index is -0.791. The highest BCUT2D eigenvalue weighted by Gasteiger charge is 2.26. The lowest BCUT2D eigenvalue weighted by atomic mass is 10.1. The number of ether oxygens (including phenoxy) is 1. The molecule has 152 valence electrons. The fraction of sp³-hybridized carbons (Fsp3) is 0.421. The Hall–Kier alpha value is -2.94. The van der Waals surface area contributed by atoms with Crippen LogP contribution in [-0.4, -0.2) is 35.7 Å². The molecule has 1 heterocycles. The molecule has 2 rings (SSSR count). The molecule has 1 aromatic heterocycles. The Morgan fingerprint density at radius 2 is 2.04 bits per heavy atom. The van der Waals surface area contributed by atoms with Crippen LogP contribution < -0.4 is 21.9 Å². The Bertz CT molecular complexity index is 981. The van der Waals surface area contributed by atoms with Gasteiger partial charge in [0.05, 0.1) is 6.61 Å². The van der Waals surface area contributed by atoms with Gasteiger partial charge in [0.2, 0.25) is 0 Å². The Kier molecular flexibility index (Phi) is 6.74. The first-order valence-corrected chi connectivity index (χ1v) is 8.86. The summed E-state index contributed by atoms with van der Waals surface area (Å²) in [7, 11) is 1.45. The van der Waals surface area contributed by atoms with Gasteiger partial charge < -0.3 is 10.5 Å². The number of aromatic nitrogens is 2. The number of carbonyl (C=O) groups is 1. The molecule has 0 saturated carbocycles. The van der Waals surface area contributed by atoms with E-state index < -0.39 is 23.0 Å². The minimum absolute atomic E-state index is 0.00154. The summed E-state index contributed by atoms with van der Waals surface area (Å²) in [6.07, 6.45) is 0. The van der Waals surface area contributed by atoms with Gasteiger partial charge in [0.1, 0.15) is 11.6 Å². The van der Waals surface area contributed by atoms with Crippen LogP contribution in [-0.2, 0) is 11.3 Å². The quantitative estimate of drug-likeness (QED) is 0.742. The van der Waals surface area contributed by atoms with Gasteiger partial charge in [0.25, 0.3) is 11.5 Å². The van der Waals surface area contributed by atoms with Gasteiger partial charge in [-0.3, -0.25) is 24.0 Å². The lowest BCUT2D eigenvalue weighted by Crippen LogP contribution is -2.43. The van der Waals surface area contributed by atoms with Crippen LogP contribution in [0.3, 0.4) is 0 Å². The molecule has 0 fully saturated rings. The molecule has 8 nitrogen and oxygen atoms in total. The summed E-state index contributed by atoms with van der Waals surface area (Å²) in [5.74, 6) is -1.23. The van der Waals surface area contributed by atoms with Crippen molar-refractivity contribution in [3.63, 3.8) is 0 Å². The number of methoxy groups -OCH3 is 1. The van der Waals surface area contributed by atoms with E-state index in [1.165, 1.54) is 23.8 Å². The maximum Gasteiger partial charge on any atom is 0.330 e. The molecule has 2 aromatic rings. The summed E-state index contributed by atoms with van der Waals surface area (Å²) < 4.78 is 20.0. The van der Waals surface area contributed by atoms with E-state index in [1.807, 2.05) is 13.8 Å². The van der Waals surface area contributed by atoms with Crippen LogP contribution in [0.5, 0.6) is 0 Å². The molecule has 0 atom stereocenters. The van der Waals surface area contributed by atoms with E-state index in [0.29, 0.717) is 5.56 Å². The number of anilines is 2. The fourth-order valence-corrected chi connectivity index (χ4v) is 2.85. The normalized spacial score (nSPS) is 11.1. The molecule has 9 heteroatoms. The van der Waals surface area contributed by atoms with E-state index in [-0.39, 0.29) is 42.7 Å². The van der Waals surface area contributed by atoms with Gasteiger partial charge in [0.15, 0.2) is 5.69 Å². The molecule has 0 bridgehead atoms. The number of benzene rings is 1. The predicted octanol–water partition coefficient (Wildman–Crippen LogP) is 1.52. The monoisotopic (exact) mass is 392 g/mol. The number of H-pyrrole nitrogens is 1. The van der Waals surface area contributed by atoms with Gasteiger partial charge in [-0.15, -0.1) is 0 Å². The average Bonchev–Trinajstić information content (AvgIpc) is 2.62. The molecule has 0 radical (unpaired) electrons. The number of nitrogens with one attached hydrogen (secondary N) is 1. The number of carbonyl (C=O) groups excluding carboxylic acids is 1. The lowest BCUT2D eigenvalue weighted by Gasteiger charge is -2.25. The van der Waals surface area contributed by atoms with Crippen LogP contribution in [0.15, 0.2) is 27.8 Å². The molecule has 1 amide bonds. The number of halogens is 1. The van der Waals surface area contributed by atoms with E-state index in [9.17, 15) is 18.8 Å². The molecule has 28 heavy (non-hydrogen) atoms. The highest BCUT2D eigenvalue weighted by atomic mass is 19.1. The van der Waals surface area contributed by atoms with Crippen molar-refractivity contribution >= 4 is 17.4 Å². The van der Waals surface area contributed by atoms with Crippen molar-refractivity contribution in [1.29, 1.82) is 0 Å². The largest absolute Gasteiger partial charge is 0.383 e. The smallest absolute Gasteiger partial charge is 0.330 e. The van der Waals surface area contributed by atoms with Gasteiger partial charge >= 0.3 is 5.69 Å². The molecule has 0 aliphatic carbocycles. The van der Waals surface area contributed by atoms with E-state index in [4.69, 9.17) is 10.5 Å². The Balaban J connectivity index is 2.66. The first kappa shape index (κ1) is 21.4. The number of hydrogen-bond acceptors (Lipinski definition) is 5. The Morgan fingerprint density at radius 3 is 2.64 bits per heavy atom. The van der Waals surface area contributed by atoms with Crippen LogP contribution in [0, 0.1) is 18.7 Å². The molecule has 0 spiro atoms. The van der Waals surface area contributed by atoms with Crippen molar-refractivity contribution in [2.75, 3.05) is 30.9 Å². The van der Waals surface area contributed by atoms with Crippen LogP contribution in [0.25, 0.3) is 0 Å². The van der Waals surface area contributed by atoms with Crippen LogP contribution in [0.1, 0.15) is 29.8 Å². The molecule has 0 saturated heterocycles. The lowest BCUT2D eigenvalue weighted by molar-refractivity contribution is 0.0974. The SMILES string of the molecule is COCCN(C(=O)c1cc(F)ccc1C)c1c(N)n(CC(C)C)c(=O)[nH]c1=O. The van der Waals surface area contributed by atoms with Crippen molar-refractivity contribution in [2.24, 2.45) is 5.92 Å². The third-order valence-electron chi connectivity index (χ3n) is 4.23. The Labute approximate surface area is 161 Å². The second-order valence-corrected chi connectivity index (χ2v) is 6.91. The summed E-state index contributed by atoms with van der Waals surface area (Å²) in [5.41, 5.74) is 5.16. The van der Waals surface area contributed by atoms with E-state index in [0.717, 1.165) is 11.0 Å². The van der Waals surface area contributed by atoms with Crippen LogP contribution >= 0.6 is 0 Å². The second-order valence-electron chi connectivity index (χ2n) is 6.91. The molecular weight excluding hydrogens is 367 g/mol. The van der Waals surface area contributed by atoms with Crippen molar-refractivity contribution in [3.05, 3.63) is 56.0 Å². The second kappa shape index (κ2) is 8.83. The number of aryl methyl sites for hydroxylation is 1. The number of nitrogens with two attached hydrogens (primary N) is 1. The van der Waals surface area contributed by atoms with E-state index >= 15 is 0 Å². The summed E-state index contributed by atoms with van der Waals surface area (Å²) >= 11 is 0. The summed E-state index contributed by atoms with van der Waals surface area (Å²) in [6.45, 7) is 5.82. The van der Waals surface area contributed by atoms with Crippen LogP contribution in [0.4, 0.5) is 15.9 Å². The standard InChI is InChI=1S/C19H25FN4O4/c1-11(2)10-24-16(21)15(17(25)22-19(24)27)23(7-8-28-4)18(26)14-9-13(20)6-5-12(14)3/h5-6,9,11H,7-8,10,21H2,1-4H3,(H,22,25,27). The maximum atomic E-state index is 13.7. The van der Waals surface area contributed by atoms with Gasteiger partial charge in [-0.05, 0) is 30.5 Å². The number of nitrogen functional groups attached to an aromatic ring is 1. The number of nitrogens with zero attached hydrogens (tertiary/aromatic N) is 2. The fourth-order valence-electron chi connectivity index (χ4n) is 2.85. The minimum Gasteiger partial charge on any atom is -0.383 e. The van der Waals surface area contributed by atoms with Crippen molar-refractivity contribution in [3.8, 4) is 0 Å². The molecular formula is C19H25FN4O4. The maximum absolute atomic E-state index is 13.7. The predicted molar refractivity (Wildman–Crippen MR) is 105 cm³/mol. The molecule has 0 unspecified atom stereocenters. The zero-order valence-corrected chi connectivity index (χ0v) is 16.4. The van der Waals surface area contributed by atoms with Crippen molar-refractivity contribution < 1.29 is 13.9 Å². The first-order valence-electron chi connectivity index (χ1n) is 8.86. The zero-order valence-electron chi connectivity index (χ0n) is 16.4. The summed E-state index contributed by atoms with van der Waals surface area (Å²) in [5, 5.41) is 0. The third-order valence-corrected chi connectivity index (χ3v) is 4.23. The Morgan fingerprint density at radius 1 is 1.36 bits per heavy atom. The summed E-state index contributed by atoms with van der Waals surface area (Å²) in [4.78, 5) is 41.2. The molecule has 1 aromatic carbocycles. The average molecular weight is 392 g/mol. The van der Waals surface area contributed by atoms with Gasteiger partial charge in [-0.1, -0.05) is 19.9 Å². The van der Waals surface area contributed by atoms with Crippen molar-refractivity contribution in [2.45, 2.75) is 27.3 Å². The number of amides is 1. The zero-order chi connectivity index (χ0) is 21.0. The molecule has 0 aliphatic heterocycles. The number of hydrogen-bond donors (Lipinski definition) is 2. The highest BCUT2D eigenvalue weighted by Crippen LogP contribution is 2.22. The van der Waals surface area contributed by atoms with Gasteiger partial charge in [0, 0.05) is 25.8 Å². The van der Waals surface area contributed by atoms with Gasteiger partial charge in [-0.25, -0.2) is 9.18 Å². The van der Waals surface area contributed by atoms with E-state index in [1.54, 1.807) is 6.92 Å². The molecule has 3 N–H and O–H groups in total. The van der Waals surface area contributed by atoms with Crippen LogP contribution in [0.2, 0.25) is 0 Å². The highest BCUT2D eigenvalue weighted by molar-refractivity contribution is 6.08.